The summed E-state index contributed by atoms with van der Waals surface area (Å²) in [7, 11) is 0. The van der Waals surface area contributed by atoms with Crippen LogP contribution in [0.25, 0.3) is 10.6 Å². The van der Waals surface area contributed by atoms with Crippen molar-refractivity contribution in [2.75, 3.05) is 0 Å². The summed E-state index contributed by atoms with van der Waals surface area (Å²) in [6.07, 6.45) is 2.71. The first-order chi connectivity index (χ1) is 9.74. The summed E-state index contributed by atoms with van der Waals surface area (Å²) in [5, 5.41) is 9.06. The maximum atomic E-state index is 13.2. The third kappa shape index (κ3) is 2.69. The number of aromatic nitrogens is 3. The Hall–Kier alpha value is -1.85. The highest BCUT2D eigenvalue weighted by atomic mass is 35.5. The molecule has 1 aromatic carbocycles. The Labute approximate surface area is 124 Å². The van der Waals surface area contributed by atoms with Crippen LogP contribution in [-0.2, 0) is 0 Å². The Balaban J connectivity index is 1.91. The summed E-state index contributed by atoms with van der Waals surface area (Å²) in [6, 6.07) is 11.0. The van der Waals surface area contributed by atoms with Gasteiger partial charge in [0.15, 0.2) is 0 Å². The first-order valence-electron chi connectivity index (χ1n) is 5.87. The lowest BCUT2D eigenvalue weighted by molar-refractivity contribution is 0.622. The zero-order valence-electron chi connectivity index (χ0n) is 10.2. The van der Waals surface area contributed by atoms with Crippen molar-refractivity contribution in [1.82, 2.24) is 15.2 Å². The van der Waals surface area contributed by atoms with Gasteiger partial charge in [0.25, 0.3) is 0 Å². The van der Waals surface area contributed by atoms with E-state index in [1.54, 1.807) is 6.20 Å². The van der Waals surface area contributed by atoms with E-state index >= 15 is 0 Å². The molecule has 1 atom stereocenters. The Morgan fingerprint density at radius 1 is 1.10 bits per heavy atom. The van der Waals surface area contributed by atoms with E-state index in [9.17, 15) is 4.39 Å². The number of benzene rings is 1. The van der Waals surface area contributed by atoms with Crippen molar-refractivity contribution in [2.45, 2.75) is 5.38 Å². The van der Waals surface area contributed by atoms with E-state index in [-0.39, 0.29) is 5.38 Å². The first kappa shape index (κ1) is 13.1. The van der Waals surface area contributed by atoms with Crippen LogP contribution in [0.2, 0.25) is 0 Å². The monoisotopic (exact) mass is 305 g/mol. The van der Waals surface area contributed by atoms with Gasteiger partial charge in [0.1, 0.15) is 21.2 Å². The Kier molecular flexibility index (Phi) is 3.71. The largest absolute Gasteiger partial charge is 0.261 e. The fraction of sp³-hybridized carbons (Fsp3) is 0.0714. The van der Waals surface area contributed by atoms with Crippen LogP contribution in [0, 0.1) is 5.82 Å². The van der Waals surface area contributed by atoms with Gasteiger partial charge in [-0.3, -0.25) is 4.98 Å². The molecule has 20 heavy (non-hydrogen) atoms. The van der Waals surface area contributed by atoms with Crippen molar-refractivity contribution in [3.63, 3.8) is 0 Å². The molecule has 0 fully saturated rings. The lowest BCUT2D eigenvalue weighted by atomic mass is 10.1. The van der Waals surface area contributed by atoms with Gasteiger partial charge in [-0.1, -0.05) is 41.7 Å². The molecule has 0 aliphatic heterocycles. The summed E-state index contributed by atoms with van der Waals surface area (Å²) < 4.78 is 13.2. The van der Waals surface area contributed by atoms with Gasteiger partial charge in [-0.2, -0.15) is 0 Å². The number of alkyl halides is 1. The standard InChI is InChI=1S/C14H9ClFN3S/c15-12(9-4-2-1-3-5-9)14-19-18-13(20-14)10-6-11(16)8-17-7-10/h1-8,12H. The summed E-state index contributed by atoms with van der Waals surface area (Å²) in [5.41, 5.74) is 1.56. The quantitative estimate of drug-likeness (QED) is 0.685. The van der Waals surface area contributed by atoms with Crippen LogP contribution in [0.15, 0.2) is 48.8 Å². The molecule has 3 rings (SSSR count). The molecule has 0 spiro atoms. The van der Waals surface area contributed by atoms with Crippen LogP contribution in [0.4, 0.5) is 4.39 Å². The molecular formula is C14H9ClFN3S. The van der Waals surface area contributed by atoms with E-state index in [4.69, 9.17) is 11.6 Å². The predicted octanol–water partition coefficient (Wildman–Crippen LogP) is 4.07. The molecule has 0 N–H and O–H groups in total. The van der Waals surface area contributed by atoms with Crippen LogP contribution < -0.4 is 0 Å². The van der Waals surface area contributed by atoms with E-state index in [1.165, 1.54) is 17.4 Å². The molecular weight excluding hydrogens is 297 g/mol. The average molecular weight is 306 g/mol. The summed E-state index contributed by atoms with van der Waals surface area (Å²) >= 11 is 7.72. The van der Waals surface area contributed by atoms with Gasteiger partial charge in [0, 0.05) is 11.8 Å². The minimum absolute atomic E-state index is 0.357. The van der Waals surface area contributed by atoms with E-state index in [0.717, 1.165) is 11.8 Å². The maximum absolute atomic E-state index is 13.2. The second kappa shape index (κ2) is 5.64. The molecule has 2 heterocycles. The second-order valence-electron chi connectivity index (χ2n) is 4.11. The molecule has 2 aromatic heterocycles. The van der Waals surface area contributed by atoms with Gasteiger partial charge in [0.2, 0.25) is 0 Å². The molecule has 0 saturated heterocycles. The smallest absolute Gasteiger partial charge is 0.149 e. The third-order valence-corrected chi connectivity index (χ3v) is 4.33. The minimum Gasteiger partial charge on any atom is -0.261 e. The van der Waals surface area contributed by atoms with Crippen molar-refractivity contribution >= 4 is 22.9 Å². The second-order valence-corrected chi connectivity index (χ2v) is 5.56. The average Bonchev–Trinajstić information content (AvgIpc) is 2.97. The highest BCUT2D eigenvalue weighted by molar-refractivity contribution is 7.15. The maximum Gasteiger partial charge on any atom is 0.149 e. The molecule has 0 amide bonds. The van der Waals surface area contributed by atoms with Gasteiger partial charge in [-0.05, 0) is 11.6 Å². The molecule has 6 heteroatoms. The lowest BCUT2D eigenvalue weighted by Gasteiger charge is -2.04. The fourth-order valence-electron chi connectivity index (χ4n) is 1.75. The number of halogens is 2. The zero-order valence-corrected chi connectivity index (χ0v) is 11.8. The van der Waals surface area contributed by atoms with Crippen LogP contribution in [-0.4, -0.2) is 15.2 Å². The van der Waals surface area contributed by atoms with Crippen LogP contribution in [0.3, 0.4) is 0 Å². The minimum atomic E-state index is -0.398. The van der Waals surface area contributed by atoms with Crippen molar-refractivity contribution in [1.29, 1.82) is 0 Å². The zero-order chi connectivity index (χ0) is 13.9. The molecule has 0 saturated carbocycles. The van der Waals surface area contributed by atoms with Crippen molar-refractivity contribution in [3.8, 4) is 10.6 Å². The highest BCUT2D eigenvalue weighted by Crippen LogP contribution is 2.33. The molecule has 0 bridgehead atoms. The van der Waals surface area contributed by atoms with Gasteiger partial charge in [0.05, 0.1) is 6.20 Å². The predicted molar refractivity (Wildman–Crippen MR) is 77.2 cm³/mol. The lowest BCUT2D eigenvalue weighted by Crippen LogP contribution is -1.91. The first-order valence-corrected chi connectivity index (χ1v) is 7.12. The summed E-state index contributed by atoms with van der Waals surface area (Å²) in [6.45, 7) is 0. The topological polar surface area (TPSA) is 38.7 Å². The Morgan fingerprint density at radius 3 is 2.65 bits per heavy atom. The van der Waals surface area contributed by atoms with Crippen molar-refractivity contribution in [2.24, 2.45) is 0 Å². The molecule has 100 valence electrons. The normalized spacial score (nSPS) is 12.3. The van der Waals surface area contributed by atoms with Gasteiger partial charge >= 0.3 is 0 Å². The fourth-order valence-corrected chi connectivity index (χ4v) is 2.90. The molecule has 3 aromatic rings. The molecule has 0 radical (unpaired) electrons. The number of hydrogen-bond acceptors (Lipinski definition) is 4. The Bertz CT molecular complexity index is 717. The number of pyridine rings is 1. The van der Waals surface area contributed by atoms with Gasteiger partial charge < -0.3 is 0 Å². The molecule has 3 nitrogen and oxygen atoms in total. The van der Waals surface area contributed by atoms with Gasteiger partial charge in [-0.15, -0.1) is 21.8 Å². The van der Waals surface area contributed by atoms with E-state index in [1.807, 2.05) is 30.3 Å². The van der Waals surface area contributed by atoms with Gasteiger partial charge in [-0.25, -0.2) is 4.39 Å². The third-order valence-electron chi connectivity index (χ3n) is 2.70. The number of nitrogens with zero attached hydrogens (tertiary/aromatic N) is 3. The van der Waals surface area contributed by atoms with E-state index < -0.39 is 5.82 Å². The van der Waals surface area contributed by atoms with E-state index in [2.05, 4.69) is 15.2 Å². The molecule has 0 aliphatic rings. The summed E-state index contributed by atoms with van der Waals surface area (Å²) in [5.74, 6) is -0.398. The number of hydrogen-bond donors (Lipinski definition) is 0. The van der Waals surface area contributed by atoms with Crippen LogP contribution in [0.1, 0.15) is 15.9 Å². The number of rotatable bonds is 3. The van der Waals surface area contributed by atoms with Crippen LogP contribution in [0.5, 0.6) is 0 Å². The van der Waals surface area contributed by atoms with Crippen molar-refractivity contribution in [3.05, 3.63) is 65.2 Å². The Morgan fingerprint density at radius 2 is 1.90 bits per heavy atom. The molecule has 0 aliphatic carbocycles. The SMILES string of the molecule is Fc1cncc(-c2nnc(C(Cl)c3ccccc3)s2)c1. The summed E-state index contributed by atoms with van der Waals surface area (Å²) in [4.78, 5) is 3.80. The molecule has 1 unspecified atom stereocenters. The van der Waals surface area contributed by atoms with Crippen LogP contribution >= 0.6 is 22.9 Å². The van der Waals surface area contributed by atoms with Crippen molar-refractivity contribution < 1.29 is 4.39 Å². The highest BCUT2D eigenvalue weighted by Gasteiger charge is 2.17. The van der Waals surface area contributed by atoms with E-state index in [0.29, 0.717) is 15.6 Å².